The fraction of sp³-hybridized carbons (Fsp3) is 0.472. The summed E-state index contributed by atoms with van der Waals surface area (Å²) in [6, 6.07) is 7.80. The van der Waals surface area contributed by atoms with E-state index in [1.54, 1.807) is 18.2 Å². The first-order valence-corrected chi connectivity index (χ1v) is 15.4. The number of carbonyl (C=O) groups is 1. The molecule has 7 atom stereocenters. The summed E-state index contributed by atoms with van der Waals surface area (Å²) in [5, 5.41) is 32.0. The largest absolute Gasteiger partial charge is 0.504 e. The van der Waals surface area contributed by atoms with Gasteiger partial charge in [0.25, 0.3) is 0 Å². The van der Waals surface area contributed by atoms with E-state index in [0.29, 0.717) is 30.4 Å². The van der Waals surface area contributed by atoms with Crippen molar-refractivity contribution in [1.29, 1.82) is 0 Å². The highest BCUT2D eigenvalue weighted by Gasteiger charge is 2.71. The van der Waals surface area contributed by atoms with Crippen LogP contribution in [-0.2, 0) is 28.5 Å². The van der Waals surface area contributed by atoms with Gasteiger partial charge in [-0.1, -0.05) is 31.7 Å². The molecular weight excluding hydrogens is 556 g/mol. The number of piperidine rings is 2. The predicted molar refractivity (Wildman–Crippen MR) is 166 cm³/mol. The van der Waals surface area contributed by atoms with Gasteiger partial charge >= 0.3 is 0 Å². The molecule has 8 nitrogen and oxygen atoms in total. The number of benzene rings is 2. The van der Waals surface area contributed by atoms with Gasteiger partial charge in [-0.05, 0) is 106 Å². The summed E-state index contributed by atoms with van der Waals surface area (Å²) in [7, 11) is 4.23. The van der Waals surface area contributed by atoms with Crippen molar-refractivity contribution in [3.8, 4) is 23.0 Å². The number of ether oxygens (including phenoxy) is 2. The smallest absolute Gasteiger partial charge is 0.196 e. The molecule has 4 heterocycles. The molecule has 8 aliphatic rings. The van der Waals surface area contributed by atoms with Gasteiger partial charge in [0.2, 0.25) is 0 Å². The molecule has 2 saturated heterocycles. The van der Waals surface area contributed by atoms with Gasteiger partial charge in [-0.2, -0.15) is 0 Å². The number of allylic oxidation sites excluding steroid dienone is 2. The van der Waals surface area contributed by atoms with Crippen molar-refractivity contribution in [2.45, 2.75) is 80.8 Å². The number of likely N-dealkylation sites (tertiary alicyclic amines) is 2. The number of rotatable bonds is 0. The Hall–Kier alpha value is -3.59. The molecule has 0 aromatic heterocycles. The Balaban J connectivity index is 0.000000129. The van der Waals surface area contributed by atoms with E-state index in [1.165, 1.54) is 28.3 Å². The van der Waals surface area contributed by atoms with Gasteiger partial charge in [0.1, 0.15) is 11.7 Å². The molecule has 4 bridgehead atoms. The Labute approximate surface area is 257 Å². The van der Waals surface area contributed by atoms with E-state index in [2.05, 4.69) is 42.0 Å². The SMILES string of the molecule is C.CC1=CC=C2[C@H]3Cc4ccc(O)c5c4[C@@]2(CCN3C)[C@H]1O5.CN1CC[C@]23c4c5ccc(O)c4O[C@H]2C(=O)C=C[C@@]3(O)[C@H]1C5. The monoisotopic (exact) mass is 596 g/mol. The Morgan fingerprint density at radius 3 is 2.27 bits per heavy atom. The second-order valence-electron chi connectivity index (χ2n) is 13.8. The van der Waals surface area contributed by atoms with E-state index in [9.17, 15) is 20.1 Å². The number of phenolic OH excluding ortho intramolecular Hbond substituents is 2. The highest BCUT2D eigenvalue weighted by Crippen LogP contribution is 2.64. The number of phenols is 2. The topological polar surface area (TPSA) is 103 Å². The molecule has 2 fully saturated rings. The molecule has 4 aliphatic heterocycles. The van der Waals surface area contributed by atoms with Gasteiger partial charge in [-0.3, -0.25) is 14.6 Å². The molecule has 44 heavy (non-hydrogen) atoms. The maximum atomic E-state index is 12.4. The average Bonchev–Trinajstić information content (AvgIpc) is 3.54. The fourth-order valence-corrected chi connectivity index (χ4v) is 10.1. The van der Waals surface area contributed by atoms with Crippen LogP contribution < -0.4 is 9.47 Å². The van der Waals surface area contributed by atoms with Crippen molar-refractivity contribution >= 4 is 5.78 Å². The first kappa shape index (κ1) is 27.9. The third kappa shape index (κ3) is 2.98. The molecule has 2 spiro atoms. The van der Waals surface area contributed by atoms with Crippen LogP contribution in [-0.4, -0.2) is 88.0 Å². The van der Waals surface area contributed by atoms with E-state index in [1.807, 2.05) is 13.1 Å². The summed E-state index contributed by atoms with van der Waals surface area (Å²) in [4.78, 5) is 17.1. The number of nitrogens with zero attached hydrogens (tertiary/aromatic N) is 2. The molecule has 3 N–H and O–H groups in total. The van der Waals surface area contributed by atoms with E-state index >= 15 is 0 Å². The van der Waals surface area contributed by atoms with Crippen molar-refractivity contribution in [3.05, 3.63) is 82.0 Å². The Morgan fingerprint density at radius 1 is 0.864 bits per heavy atom. The Kier molecular flexibility index (Phi) is 5.57. The first-order chi connectivity index (χ1) is 20.6. The molecule has 2 aromatic rings. The Morgan fingerprint density at radius 2 is 1.52 bits per heavy atom. The lowest BCUT2D eigenvalue weighted by Crippen LogP contribution is -2.74. The van der Waals surface area contributed by atoms with Crippen LogP contribution in [0.25, 0.3) is 0 Å². The maximum Gasteiger partial charge on any atom is 0.196 e. The second kappa shape index (κ2) is 8.77. The number of aliphatic hydroxyl groups is 1. The quantitative estimate of drug-likeness (QED) is 0.423. The van der Waals surface area contributed by atoms with Gasteiger partial charge < -0.3 is 24.8 Å². The minimum Gasteiger partial charge on any atom is -0.504 e. The lowest BCUT2D eigenvalue weighted by molar-refractivity contribution is -0.151. The van der Waals surface area contributed by atoms with Gasteiger partial charge in [0.05, 0.1) is 10.8 Å². The van der Waals surface area contributed by atoms with Crippen molar-refractivity contribution in [1.82, 2.24) is 9.80 Å². The van der Waals surface area contributed by atoms with E-state index in [4.69, 9.17) is 9.47 Å². The van der Waals surface area contributed by atoms with Crippen molar-refractivity contribution in [2.75, 3.05) is 27.2 Å². The molecule has 2 aromatic carbocycles. The van der Waals surface area contributed by atoms with Crippen LogP contribution in [0.2, 0.25) is 0 Å². The van der Waals surface area contributed by atoms with Gasteiger partial charge in [0.15, 0.2) is 34.9 Å². The van der Waals surface area contributed by atoms with Crippen LogP contribution in [0, 0.1) is 0 Å². The molecule has 230 valence electrons. The minimum atomic E-state index is -1.13. The van der Waals surface area contributed by atoms with Crippen LogP contribution in [0.3, 0.4) is 0 Å². The van der Waals surface area contributed by atoms with Crippen LogP contribution in [0.15, 0.2) is 59.7 Å². The van der Waals surface area contributed by atoms with Crippen molar-refractivity contribution < 1.29 is 29.6 Å². The van der Waals surface area contributed by atoms with E-state index < -0.39 is 17.1 Å². The summed E-state index contributed by atoms with van der Waals surface area (Å²) in [6.45, 7) is 4.03. The first-order valence-electron chi connectivity index (χ1n) is 15.4. The maximum absolute atomic E-state index is 12.4. The molecule has 10 rings (SSSR count). The number of hydrogen-bond donors (Lipinski definition) is 3. The summed E-state index contributed by atoms with van der Waals surface area (Å²) in [6.07, 6.45) is 10.4. The van der Waals surface area contributed by atoms with Crippen LogP contribution in [0.1, 0.15) is 49.4 Å². The lowest BCUT2D eigenvalue weighted by Gasteiger charge is -2.60. The summed E-state index contributed by atoms with van der Waals surface area (Å²) < 4.78 is 12.2. The number of carbonyl (C=O) groups excluding carboxylic acids is 1. The standard InChI is InChI=1S/C18H19NO2.C17H17NO4.CH4/c1-10-3-5-12-13-9-11-4-6-14(20)16-15(11)18(12,17(10)21-16)7-8-19(13)2;1-18-7-6-16-13-9-2-3-10(19)14(13)22-15(16)11(20)4-5-17(16,21)12(18)8-9;/h3-6,13,17,20H,7-9H2,1-2H3;2-5,12,15,19,21H,6-8H2,1H3;1H4/t13-,17+,18+;12-,15+,16+,17-;/m11./s1. The minimum absolute atomic E-state index is 0. The number of ketones is 1. The van der Waals surface area contributed by atoms with Gasteiger partial charge in [-0.15, -0.1) is 0 Å². The number of hydrogen-bond acceptors (Lipinski definition) is 8. The zero-order valence-corrected chi connectivity index (χ0v) is 24.6. The zero-order valence-electron chi connectivity index (χ0n) is 24.6. The molecule has 8 heteroatoms. The zero-order chi connectivity index (χ0) is 29.6. The van der Waals surface area contributed by atoms with Gasteiger partial charge in [-0.25, -0.2) is 0 Å². The third-order valence-electron chi connectivity index (χ3n) is 12.1. The van der Waals surface area contributed by atoms with Gasteiger partial charge in [0, 0.05) is 23.2 Å². The van der Waals surface area contributed by atoms with Crippen LogP contribution in [0.4, 0.5) is 0 Å². The Bertz CT molecular complexity index is 1740. The third-order valence-corrected chi connectivity index (χ3v) is 12.1. The van der Waals surface area contributed by atoms with E-state index in [-0.39, 0.29) is 36.5 Å². The summed E-state index contributed by atoms with van der Waals surface area (Å²) in [5.74, 6) is 1.34. The van der Waals surface area contributed by atoms with Crippen LogP contribution >= 0.6 is 0 Å². The van der Waals surface area contributed by atoms with Crippen molar-refractivity contribution in [2.24, 2.45) is 0 Å². The second-order valence-corrected chi connectivity index (χ2v) is 13.8. The molecule has 0 amide bonds. The highest BCUT2D eigenvalue weighted by atomic mass is 16.5. The number of aromatic hydroxyl groups is 2. The van der Waals surface area contributed by atoms with Crippen LogP contribution in [0.5, 0.6) is 23.0 Å². The lowest BCUT2D eigenvalue weighted by atomic mass is 9.51. The average molecular weight is 597 g/mol. The fourth-order valence-electron chi connectivity index (χ4n) is 10.1. The molecular formula is C36H40N2O6. The number of likely N-dealkylation sites (N-methyl/N-ethyl adjacent to an activating group) is 2. The highest BCUT2D eigenvalue weighted by molar-refractivity contribution is 5.99. The predicted octanol–water partition coefficient (Wildman–Crippen LogP) is 3.69. The van der Waals surface area contributed by atoms with Crippen molar-refractivity contribution in [3.63, 3.8) is 0 Å². The molecule has 0 saturated carbocycles. The molecule has 4 aliphatic carbocycles. The normalized spacial score (nSPS) is 37.7. The summed E-state index contributed by atoms with van der Waals surface area (Å²) in [5.41, 5.74) is 5.38. The molecule has 0 unspecified atom stereocenters. The molecule has 0 radical (unpaired) electrons. The summed E-state index contributed by atoms with van der Waals surface area (Å²) >= 11 is 0. The van der Waals surface area contributed by atoms with E-state index in [0.717, 1.165) is 42.8 Å².